The monoisotopic (exact) mass is 136 g/mol. The third kappa shape index (κ3) is 6.20. The summed E-state index contributed by atoms with van der Waals surface area (Å²) in [6, 6.07) is 0. The van der Waals surface area contributed by atoms with Gasteiger partial charge in [-0.2, -0.15) is 0 Å². The molecular weight excluding hydrogens is 128 g/mol. The molecule has 0 saturated heterocycles. The SMILES string of the molecule is CN(C)SC(N)=S. The standard InChI is InChI=1S/C3H8N2S2/c1-5(2)7-3(4)6/h1-2H3,(H2,4,6). The maximum absolute atomic E-state index is 5.15. The molecule has 0 spiro atoms. The summed E-state index contributed by atoms with van der Waals surface area (Å²) >= 11 is 5.92. The summed E-state index contributed by atoms with van der Waals surface area (Å²) in [6.07, 6.45) is 0. The zero-order valence-corrected chi connectivity index (χ0v) is 5.97. The molecule has 42 valence electrons. The Labute approximate surface area is 53.2 Å². The van der Waals surface area contributed by atoms with E-state index in [2.05, 4.69) is 12.2 Å². The van der Waals surface area contributed by atoms with E-state index in [1.807, 2.05) is 18.4 Å². The Morgan fingerprint density at radius 1 is 1.71 bits per heavy atom. The van der Waals surface area contributed by atoms with Crippen molar-refractivity contribution in [3.05, 3.63) is 0 Å². The molecule has 0 amide bonds. The van der Waals surface area contributed by atoms with Crippen LogP contribution in [0.15, 0.2) is 0 Å². The molecule has 0 bridgehead atoms. The van der Waals surface area contributed by atoms with Crippen molar-refractivity contribution >= 4 is 28.5 Å². The zero-order valence-electron chi connectivity index (χ0n) is 4.34. The summed E-state index contributed by atoms with van der Waals surface area (Å²) in [5.74, 6) is 0. The van der Waals surface area contributed by atoms with Gasteiger partial charge >= 0.3 is 0 Å². The van der Waals surface area contributed by atoms with Crippen molar-refractivity contribution in [2.24, 2.45) is 5.73 Å². The summed E-state index contributed by atoms with van der Waals surface area (Å²) < 4.78 is 2.31. The Kier molecular flexibility index (Phi) is 3.33. The smallest absolute Gasteiger partial charge is 0.146 e. The van der Waals surface area contributed by atoms with E-state index in [0.29, 0.717) is 4.32 Å². The van der Waals surface area contributed by atoms with Crippen LogP contribution in [0.3, 0.4) is 0 Å². The number of thiocarbonyl (C=S) groups is 1. The number of nitrogens with zero attached hydrogens (tertiary/aromatic N) is 1. The lowest BCUT2D eigenvalue weighted by Crippen LogP contribution is -2.10. The van der Waals surface area contributed by atoms with Crippen molar-refractivity contribution < 1.29 is 0 Å². The third-order valence-electron chi connectivity index (χ3n) is 0.273. The predicted molar refractivity (Wildman–Crippen MR) is 38.1 cm³/mol. The largest absolute Gasteiger partial charge is 0.384 e. The van der Waals surface area contributed by atoms with Gasteiger partial charge < -0.3 is 5.73 Å². The second-order valence-corrected chi connectivity index (χ2v) is 3.27. The van der Waals surface area contributed by atoms with Crippen LogP contribution in [0, 0.1) is 0 Å². The van der Waals surface area contributed by atoms with Gasteiger partial charge in [-0.1, -0.05) is 12.2 Å². The molecular formula is C3H8N2S2. The molecule has 0 atom stereocenters. The maximum Gasteiger partial charge on any atom is 0.146 e. The zero-order chi connectivity index (χ0) is 5.86. The van der Waals surface area contributed by atoms with Gasteiger partial charge in [0.05, 0.1) is 0 Å². The average molecular weight is 136 g/mol. The van der Waals surface area contributed by atoms with Gasteiger partial charge in [-0.25, -0.2) is 0 Å². The summed E-state index contributed by atoms with van der Waals surface area (Å²) in [7, 11) is 3.79. The summed E-state index contributed by atoms with van der Waals surface area (Å²) in [5, 5.41) is 0. The van der Waals surface area contributed by atoms with E-state index in [0.717, 1.165) is 0 Å². The molecule has 7 heavy (non-hydrogen) atoms. The average Bonchev–Trinajstić information content (AvgIpc) is 1.27. The molecule has 2 N–H and O–H groups in total. The first-order chi connectivity index (χ1) is 3.13. The summed E-state index contributed by atoms with van der Waals surface area (Å²) in [5.41, 5.74) is 5.15. The molecule has 0 radical (unpaired) electrons. The molecule has 0 rings (SSSR count). The van der Waals surface area contributed by atoms with E-state index >= 15 is 0 Å². The topological polar surface area (TPSA) is 29.3 Å². The fourth-order valence-corrected chi connectivity index (χ4v) is 0.987. The summed E-state index contributed by atoms with van der Waals surface area (Å²) in [4.78, 5) is 0. The Morgan fingerprint density at radius 2 is 2.14 bits per heavy atom. The Morgan fingerprint density at radius 3 is 2.14 bits per heavy atom. The minimum atomic E-state index is 0.463. The molecule has 0 aromatic carbocycles. The van der Waals surface area contributed by atoms with Crippen LogP contribution in [-0.4, -0.2) is 22.7 Å². The minimum absolute atomic E-state index is 0.463. The highest BCUT2D eigenvalue weighted by Gasteiger charge is 1.89. The highest BCUT2D eigenvalue weighted by Crippen LogP contribution is 2.00. The van der Waals surface area contributed by atoms with Crippen LogP contribution in [0.2, 0.25) is 0 Å². The normalized spacial score (nSPS) is 9.57. The van der Waals surface area contributed by atoms with Crippen LogP contribution < -0.4 is 5.73 Å². The molecule has 0 unspecified atom stereocenters. The van der Waals surface area contributed by atoms with Crippen molar-refractivity contribution in [2.45, 2.75) is 0 Å². The van der Waals surface area contributed by atoms with Crippen LogP contribution in [-0.2, 0) is 0 Å². The number of hydrogen-bond donors (Lipinski definition) is 1. The fraction of sp³-hybridized carbons (Fsp3) is 0.667. The molecule has 4 heteroatoms. The summed E-state index contributed by atoms with van der Waals surface area (Å²) in [6.45, 7) is 0. The lowest BCUT2D eigenvalue weighted by atomic mass is 11.3. The Balaban J connectivity index is 3.13. The first kappa shape index (κ1) is 7.20. The third-order valence-corrected chi connectivity index (χ3v) is 1.04. The lowest BCUT2D eigenvalue weighted by molar-refractivity contribution is 0.710. The van der Waals surface area contributed by atoms with Crippen LogP contribution in [0.1, 0.15) is 0 Å². The lowest BCUT2D eigenvalue weighted by Gasteiger charge is -2.03. The Bertz CT molecular complexity index is 71.3. The Hall–Kier alpha value is 0.200. The van der Waals surface area contributed by atoms with Crippen LogP contribution in [0.4, 0.5) is 0 Å². The number of hydrogen-bond acceptors (Lipinski definition) is 3. The first-order valence-corrected chi connectivity index (χ1v) is 2.96. The molecule has 2 nitrogen and oxygen atoms in total. The van der Waals surface area contributed by atoms with Crippen molar-refractivity contribution in [3.63, 3.8) is 0 Å². The molecule has 0 fully saturated rings. The second-order valence-electron chi connectivity index (χ2n) is 1.22. The van der Waals surface area contributed by atoms with Gasteiger partial charge in [0, 0.05) is 0 Å². The van der Waals surface area contributed by atoms with Crippen LogP contribution >= 0.6 is 24.2 Å². The predicted octanol–water partition coefficient (Wildman–Crippen LogP) is 0.440. The van der Waals surface area contributed by atoms with Gasteiger partial charge in [0.15, 0.2) is 0 Å². The van der Waals surface area contributed by atoms with Gasteiger partial charge in [-0.05, 0) is 26.0 Å². The molecule has 0 aromatic heterocycles. The van der Waals surface area contributed by atoms with Crippen LogP contribution in [0.5, 0.6) is 0 Å². The molecule has 0 aliphatic carbocycles. The molecule has 0 saturated carbocycles. The first-order valence-electron chi connectivity index (χ1n) is 1.77. The quantitative estimate of drug-likeness (QED) is 0.418. The number of nitrogens with two attached hydrogens (primary N) is 1. The molecule has 0 aliphatic rings. The van der Waals surface area contributed by atoms with E-state index in [-0.39, 0.29) is 0 Å². The van der Waals surface area contributed by atoms with E-state index in [9.17, 15) is 0 Å². The van der Waals surface area contributed by atoms with Crippen molar-refractivity contribution in [1.29, 1.82) is 0 Å². The molecule has 0 aliphatic heterocycles. The van der Waals surface area contributed by atoms with E-state index < -0.39 is 0 Å². The van der Waals surface area contributed by atoms with Gasteiger partial charge in [0.1, 0.15) is 4.32 Å². The van der Waals surface area contributed by atoms with Crippen molar-refractivity contribution in [2.75, 3.05) is 14.1 Å². The van der Waals surface area contributed by atoms with E-state index in [1.165, 1.54) is 11.9 Å². The second kappa shape index (κ2) is 3.23. The van der Waals surface area contributed by atoms with E-state index in [1.54, 1.807) is 0 Å². The van der Waals surface area contributed by atoms with Gasteiger partial charge in [0.2, 0.25) is 0 Å². The van der Waals surface area contributed by atoms with Crippen molar-refractivity contribution in [3.8, 4) is 0 Å². The molecule has 0 aromatic rings. The van der Waals surface area contributed by atoms with Gasteiger partial charge in [-0.15, -0.1) is 0 Å². The highest BCUT2D eigenvalue weighted by molar-refractivity contribution is 8.21. The number of rotatable bonds is 1. The van der Waals surface area contributed by atoms with Gasteiger partial charge in [0.25, 0.3) is 0 Å². The van der Waals surface area contributed by atoms with Gasteiger partial charge in [-0.3, -0.25) is 4.31 Å². The maximum atomic E-state index is 5.15. The highest BCUT2D eigenvalue weighted by atomic mass is 32.2. The van der Waals surface area contributed by atoms with Crippen LogP contribution in [0.25, 0.3) is 0 Å². The van der Waals surface area contributed by atoms with Crippen molar-refractivity contribution in [1.82, 2.24) is 4.31 Å². The molecule has 0 heterocycles. The minimum Gasteiger partial charge on any atom is -0.384 e. The fourth-order valence-electron chi connectivity index (χ4n) is 0.180. The van der Waals surface area contributed by atoms with E-state index in [4.69, 9.17) is 5.73 Å².